The quantitative estimate of drug-likeness (QED) is 0.630. The SMILES string of the molecule is O=C[C@@H]1[C@@H](C(=O)c2cccc(Br)c2)[C@H]1c1ccccc1. The molecule has 0 spiro atoms. The summed E-state index contributed by atoms with van der Waals surface area (Å²) >= 11 is 3.37. The molecule has 0 amide bonds. The van der Waals surface area contributed by atoms with E-state index >= 15 is 0 Å². The first-order valence-electron chi connectivity index (χ1n) is 6.52. The number of halogens is 1. The summed E-state index contributed by atoms with van der Waals surface area (Å²) in [6, 6.07) is 17.1. The Bertz CT molecular complexity index is 651. The molecule has 0 bridgehead atoms. The number of carbonyl (C=O) groups excluding carboxylic acids is 2. The van der Waals surface area contributed by atoms with E-state index in [0.29, 0.717) is 5.56 Å². The third-order valence-corrected chi connectivity index (χ3v) is 4.32. The highest BCUT2D eigenvalue weighted by atomic mass is 79.9. The molecule has 0 aromatic heterocycles. The third-order valence-electron chi connectivity index (χ3n) is 3.83. The molecule has 20 heavy (non-hydrogen) atoms. The fourth-order valence-corrected chi connectivity index (χ4v) is 3.18. The molecule has 100 valence electrons. The van der Waals surface area contributed by atoms with Crippen LogP contribution in [0.4, 0.5) is 0 Å². The minimum atomic E-state index is -0.218. The van der Waals surface area contributed by atoms with Crippen molar-refractivity contribution in [3.05, 3.63) is 70.2 Å². The summed E-state index contributed by atoms with van der Waals surface area (Å²) in [5.41, 5.74) is 1.73. The Labute approximate surface area is 125 Å². The van der Waals surface area contributed by atoms with Gasteiger partial charge in [0.05, 0.1) is 0 Å². The topological polar surface area (TPSA) is 34.1 Å². The summed E-state index contributed by atoms with van der Waals surface area (Å²) in [6.45, 7) is 0. The summed E-state index contributed by atoms with van der Waals surface area (Å²) in [7, 11) is 0. The molecule has 1 saturated carbocycles. The van der Waals surface area contributed by atoms with Gasteiger partial charge in [0.25, 0.3) is 0 Å². The van der Waals surface area contributed by atoms with Gasteiger partial charge in [-0.1, -0.05) is 58.4 Å². The molecule has 0 saturated heterocycles. The van der Waals surface area contributed by atoms with E-state index in [0.717, 1.165) is 16.3 Å². The van der Waals surface area contributed by atoms with Gasteiger partial charge in [-0.2, -0.15) is 0 Å². The van der Waals surface area contributed by atoms with Crippen molar-refractivity contribution in [1.82, 2.24) is 0 Å². The number of Topliss-reactive ketones (excluding diaryl/α,β-unsaturated/α-hetero) is 1. The number of hydrogen-bond acceptors (Lipinski definition) is 2. The van der Waals surface area contributed by atoms with Gasteiger partial charge in [0.1, 0.15) is 6.29 Å². The first-order chi connectivity index (χ1) is 9.72. The van der Waals surface area contributed by atoms with Crippen LogP contribution in [0.15, 0.2) is 59.1 Å². The average molecular weight is 329 g/mol. The van der Waals surface area contributed by atoms with Crippen LogP contribution in [0.3, 0.4) is 0 Å². The standard InChI is InChI=1S/C17H13BrO2/c18-13-8-4-7-12(9-13)17(20)16-14(10-19)15(16)11-5-2-1-3-6-11/h1-10,14-16H/t14-,15-,16+/m0/s1. The highest BCUT2D eigenvalue weighted by molar-refractivity contribution is 9.10. The van der Waals surface area contributed by atoms with Gasteiger partial charge in [-0.05, 0) is 17.7 Å². The summed E-state index contributed by atoms with van der Waals surface area (Å²) in [4.78, 5) is 23.7. The monoisotopic (exact) mass is 328 g/mol. The van der Waals surface area contributed by atoms with E-state index in [2.05, 4.69) is 15.9 Å². The molecule has 0 unspecified atom stereocenters. The molecular weight excluding hydrogens is 316 g/mol. The van der Waals surface area contributed by atoms with E-state index < -0.39 is 0 Å². The molecule has 3 atom stereocenters. The van der Waals surface area contributed by atoms with Gasteiger partial charge >= 0.3 is 0 Å². The van der Waals surface area contributed by atoms with E-state index in [1.165, 1.54) is 0 Å². The van der Waals surface area contributed by atoms with Crippen LogP contribution in [-0.2, 0) is 4.79 Å². The van der Waals surface area contributed by atoms with Crippen LogP contribution in [0, 0.1) is 11.8 Å². The van der Waals surface area contributed by atoms with Gasteiger partial charge < -0.3 is 4.79 Å². The third kappa shape index (κ3) is 2.34. The zero-order chi connectivity index (χ0) is 14.1. The molecule has 0 aliphatic heterocycles. The Kier molecular flexibility index (Phi) is 3.53. The van der Waals surface area contributed by atoms with Gasteiger partial charge in [-0.25, -0.2) is 0 Å². The van der Waals surface area contributed by atoms with Crippen LogP contribution >= 0.6 is 15.9 Å². The molecule has 1 aliphatic rings. The minimum Gasteiger partial charge on any atom is -0.303 e. The molecular formula is C17H13BrO2. The lowest BCUT2D eigenvalue weighted by atomic mass is 10.0. The number of carbonyl (C=O) groups is 2. The van der Waals surface area contributed by atoms with E-state index in [4.69, 9.17) is 0 Å². The van der Waals surface area contributed by atoms with Gasteiger partial charge in [0, 0.05) is 27.8 Å². The van der Waals surface area contributed by atoms with Crippen LogP contribution in [0.5, 0.6) is 0 Å². The predicted molar refractivity (Wildman–Crippen MR) is 80.7 cm³/mol. The maximum Gasteiger partial charge on any atom is 0.167 e. The summed E-state index contributed by atoms with van der Waals surface area (Å²) < 4.78 is 0.878. The number of aldehydes is 1. The van der Waals surface area contributed by atoms with Gasteiger partial charge in [-0.3, -0.25) is 4.79 Å². The number of ketones is 1. The van der Waals surface area contributed by atoms with Crippen LogP contribution in [-0.4, -0.2) is 12.1 Å². The first kappa shape index (κ1) is 13.3. The van der Waals surface area contributed by atoms with E-state index in [1.54, 1.807) is 6.07 Å². The second kappa shape index (κ2) is 5.33. The van der Waals surface area contributed by atoms with E-state index in [1.807, 2.05) is 48.5 Å². The average Bonchev–Trinajstić information content (AvgIpc) is 3.21. The second-order valence-electron chi connectivity index (χ2n) is 5.05. The van der Waals surface area contributed by atoms with Gasteiger partial charge in [0.2, 0.25) is 0 Å². The first-order valence-corrected chi connectivity index (χ1v) is 7.31. The fourth-order valence-electron chi connectivity index (χ4n) is 2.78. The molecule has 3 rings (SSSR count). The lowest BCUT2D eigenvalue weighted by Gasteiger charge is -2.01. The summed E-state index contributed by atoms with van der Waals surface area (Å²) in [5.74, 6) is -0.328. The molecule has 1 aliphatic carbocycles. The maximum atomic E-state index is 12.5. The zero-order valence-corrected chi connectivity index (χ0v) is 12.3. The van der Waals surface area contributed by atoms with Crippen LogP contribution in [0.1, 0.15) is 21.8 Å². The molecule has 2 aromatic carbocycles. The Morgan fingerprint density at radius 1 is 1.05 bits per heavy atom. The molecule has 1 fully saturated rings. The summed E-state index contributed by atoms with van der Waals surface area (Å²) in [5, 5.41) is 0. The van der Waals surface area contributed by atoms with Crippen LogP contribution in [0.25, 0.3) is 0 Å². The normalized spacial score (nSPS) is 24.1. The second-order valence-corrected chi connectivity index (χ2v) is 5.97. The van der Waals surface area contributed by atoms with Crippen molar-refractivity contribution in [2.24, 2.45) is 11.8 Å². The molecule has 2 nitrogen and oxygen atoms in total. The molecule has 0 radical (unpaired) electrons. The summed E-state index contributed by atoms with van der Waals surface area (Å²) in [6.07, 6.45) is 0.915. The van der Waals surface area contributed by atoms with Crippen molar-refractivity contribution in [1.29, 1.82) is 0 Å². The molecule has 2 aromatic rings. The van der Waals surface area contributed by atoms with E-state index in [-0.39, 0.29) is 23.5 Å². The molecule has 0 heterocycles. The molecule has 0 N–H and O–H groups in total. The Hall–Kier alpha value is -1.74. The predicted octanol–water partition coefficient (Wildman–Crippen LogP) is 3.86. The molecule has 3 heteroatoms. The number of hydrogen-bond donors (Lipinski definition) is 0. The highest BCUT2D eigenvalue weighted by Crippen LogP contribution is 2.54. The lowest BCUT2D eigenvalue weighted by molar-refractivity contribution is -0.109. The maximum absolute atomic E-state index is 12.5. The van der Waals surface area contributed by atoms with Crippen molar-refractivity contribution in [3.8, 4) is 0 Å². The lowest BCUT2D eigenvalue weighted by Crippen LogP contribution is -2.04. The fraction of sp³-hybridized carbons (Fsp3) is 0.176. The van der Waals surface area contributed by atoms with Crippen molar-refractivity contribution in [3.63, 3.8) is 0 Å². The number of rotatable bonds is 4. The van der Waals surface area contributed by atoms with E-state index in [9.17, 15) is 9.59 Å². The Balaban J connectivity index is 1.87. The Morgan fingerprint density at radius 2 is 1.80 bits per heavy atom. The number of benzene rings is 2. The van der Waals surface area contributed by atoms with Crippen LogP contribution < -0.4 is 0 Å². The van der Waals surface area contributed by atoms with Gasteiger partial charge in [0.15, 0.2) is 5.78 Å². The van der Waals surface area contributed by atoms with Gasteiger partial charge in [-0.15, -0.1) is 0 Å². The van der Waals surface area contributed by atoms with Crippen molar-refractivity contribution in [2.45, 2.75) is 5.92 Å². The Morgan fingerprint density at radius 3 is 2.45 bits per heavy atom. The largest absolute Gasteiger partial charge is 0.303 e. The smallest absolute Gasteiger partial charge is 0.167 e. The zero-order valence-electron chi connectivity index (χ0n) is 10.7. The van der Waals surface area contributed by atoms with Crippen molar-refractivity contribution >= 4 is 28.0 Å². The van der Waals surface area contributed by atoms with Crippen molar-refractivity contribution in [2.75, 3.05) is 0 Å². The van der Waals surface area contributed by atoms with Crippen molar-refractivity contribution < 1.29 is 9.59 Å². The minimum absolute atomic E-state index is 0.0279. The highest BCUT2D eigenvalue weighted by Gasteiger charge is 2.55. The van der Waals surface area contributed by atoms with Crippen LogP contribution in [0.2, 0.25) is 0 Å².